The highest BCUT2D eigenvalue weighted by Crippen LogP contribution is 2.41. The number of amides is 2. The molecule has 2 aliphatic carbocycles. The Bertz CT molecular complexity index is 1110. The topological polar surface area (TPSA) is 117 Å². The van der Waals surface area contributed by atoms with Gasteiger partial charge in [0.2, 0.25) is 0 Å². The van der Waals surface area contributed by atoms with Crippen molar-refractivity contribution in [3.05, 3.63) is 40.1 Å². The van der Waals surface area contributed by atoms with Crippen LogP contribution in [-0.4, -0.2) is 24.2 Å². The molecule has 0 saturated carbocycles. The zero-order chi connectivity index (χ0) is 20.8. The van der Waals surface area contributed by atoms with E-state index in [9.17, 15) is 18.5 Å². The molecule has 4 rings (SSSR count). The van der Waals surface area contributed by atoms with Crippen molar-refractivity contribution in [1.29, 1.82) is 5.26 Å². The molecule has 0 saturated heterocycles. The van der Waals surface area contributed by atoms with Gasteiger partial charge in [0.05, 0.1) is 11.6 Å². The summed E-state index contributed by atoms with van der Waals surface area (Å²) in [6.45, 7) is 3.77. The van der Waals surface area contributed by atoms with Crippen molar-refractivity contribution < 1.29 is 13.2 Å². The van der Waals surface area contributed by atoms with Crippen LogP contribution in [0.15, 0.2) is 17.3 Å². The number of hydrogen-bond acceptors (Lipinski definition) is 5. The summed E-state index contributed by atoms with van der Waals surface area (Å²) in [5.74, 6) is 0. The first kappa shape index (κ1) is 19.5. The van der Waals surface area contributed by atoms with Crippen molar-refractivity contribution in [3.8, 4) is 6.07 Å². The molecule has 0 spiro atoms. The maximum atomic E-state index is 12.6. The van der Waals surface area contributed by atoms with Gasteiger partial charge in [0, 0.05) is 17.9 Å². The van der Waals surface area contributed by atoms with Gasteiger partial charge in [-0.3, -0.25) is 4.68 Å². The van der Waals surface area contributed by atoms with E-state index in [1.807, 2.05) is 13.8 Å². The number of carbonyl (C=O) groups is 1. The highest BCUT2D eigenvalue weighted by Gasteiger charge is 2.30. The lowest BCUT2D eigenvalue weighted by molar-refractivity contribution is 0.256. The van der Waals surface area contributed by atoms with E-state index in [0.717, 1.165) is 66.3 Å². The lowest BCUT2D eigenvalue weighted by atomic mass is 9.93. The minimum Gasteiger partial charge on any atom is -0.307 e. The molecular formula is C20H23N5O3S. The van der Waals surface area contributed by atoms with Gasteiger partial charge < -0.3 is 5.32 Å². The number of aromatic nitrogens is 2. The number of hydrogen-bond donors (Lipinski definition) is 2. The summed E-state index contributed by atoms with van der Waals surface area (Å²) in [5.41, 5.74) is 5.38. The zero-order valence-corrected chi connectivity index (χ0v) is 17.3. The van der Waals surface area contributed by atoms with E-state index in [1.165, 1.54) is 10.7 Å². The number of rotatable bonds is 4. The SMILES string of the molecule is CC(C)n1ccc(S(=O)(=O)NC(=O)Nc2c3c(c(C#N)c4c2CCC4)CCC3)n1. The zero-order valence-electron chi connectivity index (χ0n) is 16.4. The van der Waals surface area contributed by atoms with Crippen molar-refractivity contribution in [1.82, 2.24) is 14.5 Å². The van der Waals surface area contributed by atoms with Gasteiger partial charge in [0.1, 0.15) is 0 Å². The van der Waals surface area contributed by atoms with Crippen LogP contribution in [0.4, 0.5) is 10.5 Å². The Morgan fingerprint density at radius 3 is 2.24 bits per heavy atom. The number of urea groups is 1. The van der Waals surface area contributed by atoms with E-state index in [4.69, 9.17) is 0 Å². The van der Waals surface area contributed by atoms with Crippen molar-refractivity contribution in [2.24, 2.45) is 0 Å². The molecule has 1 aromatic heterocycles. The van der Waals surface area contributed by atoms with Gasteiger partial charge >= 0.3 is 6.03 Å². The van der Waals surface area contributed by atoms with Gasteiger partial charge in [0.25, 0.3) is 10.0 Å². The van der Waals surface area contributed by atoms with Crippen LogP contribution in [0.1, 0.15) is 60.5 Å². The highest BCUT2D eigenvalue weighted by atomic mass is 32.2. The van der Waals surface area contributed by atoms with Gasteiger partial charge in [0.15, 0.2) is 5.03 Å². The Morgan fingerprint density at radius 1 is 1.14 bits per heavy atom. The van der Waals surface area contributed by atoms with Gasteiger partial charge in [-0.1, -0.05) is 0 Å². The second-order valence-electron chi connectivity index (χ2n) is 7.77. The largest absolute Gasteiger partial charge is 0.333 e. The molecule has 29 heavy (non-hydrogen) atoms. The van der Waals surface area contributed by atoms with Gasteiger partial charge in [-0.25, -0.2) is 9.52 Å². The third-order valence-corrected chi connectivity index (χ3v) is 6.83. The first-order valence-electron chi connectivity index (χ1n) is 9.80. The lowest BCUT2D eigenvalue weighted by Crippen LogP contribution is -2.35. The minimum absolute atomic E-state index is 0.0107. The minimum atomic E-state index is -4.08. The molecule has 0 aliphatic heterocycles. The molecule has 0 unspecified atom stereocenters. The normalized spacial score (nSPS) is 15.1. The molecule has 0 radical (unpaired) electrons. The summed E-state index contributed by atoms with van der Waals surface area (Å²) >= 11 is 0. The van der Waals surface area contributed by atoms with E-state index in [1.54, 1.807) is 6.20 Å². The molecule has 9 heteroatoms. The fraction of sp³-hybridized carbons (Fsp3) is 0.450. The lowest BCUT2D eigenvalue weighted by Gasteiger charge is -2.18. The summed E-state index contributed by atoms with van der Waals surface area (Å²) in [7, 11) is -4.08. The summed E-state index contributed by atoms with van der Waals surface area (Å²) in [5, 5.41) is 16.2. The molecule has 1 aromatic carbocycles. The molecule has 1 heterocycles. The monoisotopic (exact) mass is 413 g/mol. The molecule has 2 aromatic rings. The standard InChI is InChI=1S/C20H23N5O3S/c1-12(2)25-10-9-18(23-25)29(27,28)24-20(26)22-19-15-7-3-5-13(15)17(11-21)14-6-4-8-16(14)19/h9-10,12H,3-8H2,1-2H3,(H2,22,24,26). The molecule has 2 N–H and O–H groups in total. The maximum Gasteiger partial charge on any atom is 0.333 e. The van der Waals surface area contributed by atoms with Crippen LogP contribution >= 0.6 is 0 Å². The van der Waals surface area contributed by atoms with E-state index in [-0.39, 0.29) is 11.1 Å². The first-order valence-corrected chi connectivity index (χ1v) is 11.3. The third kappa shape index (κ3) is 3.38. The van der Waals surface area contributed by atoms with Crippen molar-refractivity contribution in [2.45, 2.75) is 63.4 Å². The summed E-state index contributed by atoms with van der Waals surface area (Å²) in [6, 6.07) is 2.91. The predicted molar refractivity (Wildman–Crippen MR) is 107 cm³/mol. The van der Waals surface area contributed by atoms with Crippen LogP contribution in [-0.2, 0) is 35.7 Å². The van der Waals surface area contributed by atoms with Crippen molar-refractivity contribution in [3.63, 3.8) is 0 Å². The van der Waals surface area contributed by atoms with E-state index in [2.05, 4.69) is 21.2 Å². The Hall–Kier alpha value is -2.86. The maximum absolute atomic E-state index is 12.6. The Kier molecular flexibility index (Phi) is 4.82. The molecule has 2 amide bonds. The molecule has 8 nitrogen and oxygen atoms in total. The number of nitrogens with one attached hydrogen (secondary N) is 2. The molecule has 0 atom stereocenters. The van der Waals surface area contributed by atoms with Crippen LogP contribution in [0.5, 0.6) is 0 Å². The molecule has 0 fully saturated rings. The quantitative estimate of drug-likeness (QED) is 0.799. The second kappa shape index (κ2) is 7.19. The Balaban J connectivity index is 1.62. The number of anilines is 1. The first-order chi connectivity index (χ1) is 13.8. The average molecular weight is 414 g/mol. The number of benzene rings is 1. The van der Waals surface area contributed by atoms with Crippen LogP contribution < -0.4 is 10.0 Å². The summed E-state index contributed by atoms with van der Waals surface area (Å²) in [4.78, 5) is 12.6. The van der Waals surface area contributed by atoms with Gasteiger partial charge in [-0.05, 0) is 80.7 Å². The number of fused-ring (bicyclic) bond motifs is 2. The fourth-order valence-corrected chi connectivity index (χ4v) is 5.15. The molecule has 152 valence electrons. The molecular weight excluding hydrogens is 390 g/mol. The highest BCUT2D eigenvalue weighted by molar-refractivity contribution is 7.90. The summed E-state index contributed by atoms with van der Waals surface area (Å²) in [6.07, 6.45) is 6.59. The van der Waals surface area contributed by atoms with Crippen LogP contribution in [0.3, 0.4) is 0 Å². The van der Waals surface area contributed by atoms with E-state index in [0.29, 0.717) is 5.69 Å². The molecule has 2 aliphatic rings. The van der Waals surface area contributed by atoms with Gasteiger partial charge in [-0.2, -0.15) is 18.8 Å². The third-order valence-electron chi connectivity index (χ3n) is 5.61. The predicted octanol–water partition coefficient (Wildman–Crippen LogP) is 2.82. The van der Waals surface area contributed by atoms with Gasteiger partial charge in [-0.15, -0.1) is 0 Å². The Morgan fingerprint density at radius 2 is 1.72 bits per heavy atom. The van der Waals surface area contributed by atoms with Crippen molar-refractivity contribution >= 4 is 21.7 Å². The van der Waals surface area contributed by atoms with Crippen molar-refractivity contribution in [2.75, 3.05) is 5.32 Å². The number of nitrogens with zero attached hydrogens (tertiary/aromatic N) is 3. The van der Waals surface area contributed by atoms with Crippen LogP contribution in [0.25, 0.3) is 0 Å². The van der Waals surface area contributed by atoms with Crippen LogP contribution in [0, 0.1) is 11.3 Å². The Labute approximate surface area is 170 Å². The van der Waals surface area contributed by atoms with Crippen LogP contribution in [0.2, 0.25) is 0 Å². The smallest absolute Gasteiger partial charge is 0.307 e. The average Bonchev–Trinajstić information content (AvgIpc) is 3.40. The van der Waals surface area contributed by atoms with E-state index >= 15 is 0 Å². The number of sulfonamides is 1. The summed E-state index contributed by atoms with van der Waals surface area (Å²) < 4.78 is 28.7. The molecule has 0 bridgehead atoms. The number of nitriles is 1. The second-order valence-corrected chi connectivity index (χ2v) is 9.40. The number of carbonyl (C=O) groups excluding carboxylic acids is 1. The fourth-order valence-electron chi connectivity index (χ4n) is 4.31. The van der Waals surface area contributed by atoms with E-state index < -0.39 is 16.1 Å².